The summed E-state index contributed by atoms with van der Waals surface area (Å²) in [7, 11) is 0. The van der Waals surface area contributed by atoms with Crippen LogP contribution >= 0.6 is 0 Å². The Kier molecular flexibility index (Phi) is 7.73. The monoisotopic (exact) mass is 706 g/mol. The van der Waals surface area contributed by atoms with Crippen LogP contribution in [-0.2, 0) is 18.5 Å². The van der Waals surface area contributed by atoms with Crippen molar-refractivity contribution in [2.75, 3.05) is 9.80 Å². The molecule has 0 N–H and O–H groups in total. The summed E-state index contributed by atoms with van der Waals surface area (Å²) in [6.45, 7) is -0.782. The number of fused-ring (bicyclic) bond motifs is 4. The zero-order valence-electron chi connectivity index (χ0n) is 26.8. The normalized spacial score (nSPS) is 16.1. The Morgan fingerprint density at radius 2 is 0.922 bits per heavy atom. The van der Waals surface area contributed by atoms with Gasteiger partial charge in [0.05, 0.1) is 16.7 Å². The van der Waals surface area contributed by atoms with Crippen molar-refractivity contribution in [2.45, 2.75) is 56.6 Å². The van der Waals surface area contributed by atoms with Gasteiger partial charge in [0.15, 0.2) is 0 Å². The molecule has 2 aliphatic heterocycles. The molecule has 260 valence electrons. The van der Waals surface area contributed by atoms with Gasteiger partial charge in [-0.05, 0) is 101 Å². The van der Waals surface area contributed by atoms with Crippen molar-refractivity contribution in [2.24, 2.45) is 0 Å². The van der Waals surface area contributed by atoms with Crippen LogP contribution in [0.15, 0.2) is 103 Å². The highest BCUT2D eigenvalue weighted by Crippen LogP contribution is 2.48. The van der Waals surface area contributed by atoms with Crippen molar-refractivity contribution >= 4 is 57.2 Å². The van der Waals surface area contributed by atoms with Gasteiger partial charge in [0.1, 0.15) is 0 Å². The van der Waals surface area contributed by atoms with Crippen LogP contribution in [0.2, 0.25) is 0 Å². The molecule has 12 heteroatoms. The fourth-order valence-corrected chi connectivity index (χ4v) is 7.97. The SMILES string of the molecule is FC(F)(F)c1ccc(N2c3cc(C(F)(F)F)ccc3B3c4ccc(C(F)(F)F)cc4N(c4ccccc4)c4cc(C5CCCCC5)cc2c43)cc1. The Bertz CT molecular complexity index is 2120. The molecular weight excluding hydrogens is 678 g/mol. The molecule has 0 bridgehead atoms. The fraction of sp³-hybridized carbons (Fsp3) is 0.231. The fourth-order valence-electron chi connectivity index (χ4n) is 7.97. The number of alkyl halides is 9. The molecule has 0 amide bonds. The third kappa shape index (κ3) is 5.72. The minimum atomic E-state index is -4.74. The lowest BCUT2D eigenvalue weighted by atomic mass is 9.33. The predicted molar refractivity (Wildman–Crippen MR) is 181 cm³/mol. The lowest BCUT2D eigenvalue weighted by Gasteiger charge is -2.45. The molecule has 2 heterocycles. The summed E-state index contributed by atoms with van der Waals surface area (Å²) in [5.74, 6) is 0.0663. The van der Waals surface area contributed by atoms with Gasteiger partial charge < -0.3 is 9.80 Å². The Hall–Kier alpha value is -4.87. The number of halogens is 9. The summed E-state index contributed by atoms with van der Waals surface area (Å²) in [5.41, 5.74) is 1.78. The first kappa shape index (κ1) is 33.3. The second-order valence-electron chi connectivity index (χ2n) is 13.3. The highest BCUT2D eigenvalue weighted by Gasteiger charge is 2.46. The van der Waals surface area contributed by atoms with Gasteiger partial charge in [0, 0.05) is 34.1 Å². The van der Waals surface area contributed by atoms with E-state index in [4.69, 9.17) is 0 Å². The van der Waals surface area contributed by atoms with E-state index >= 15 is 0 Å². The van der Waals surface area contributed by atoms with E-state index in [1.807, 2.05) is 12.1 Å². The molecule has 8 rings (SSSR count). The van der Waals surface area contributed by atoms with Crippen LogP contribution < -0.4 is 26.2 Å². The third-order valence-corrected chi connectivity index (χ3v) is 10.3. The maximum atomic E-state index is 14.3. The van der Waals surface area contributed by atoms with Crippen molar-refractivity contribution in [1.82, 2.24) is 0 Å². The van der Waals surface area contributed by atoms with Gasteiger partial charge >= 0.3 is 18.5 Å². The van der Waals surface area contributed by atoms with Gasteiger partial charge in [-0.3, -0.25) is 0 Å². The van der Waals surface area contributed by atoms with Crippen molar-refractivity contribution < 1.29 is 39.5 Å². The van der Waals surface area contributed by atoms with E-state index in [2.05, 4.69) is 0 Å². The maximum absolute atomic E-state index is 14.3. The van der Waals surface area contributed by atoms with Crippen molar-refractivity contribution in [1.29, 1.82) is 0 Å². The lowest BCUT2D eigenvalue weighted by molar-refractivity contribution is -0.138. The van der Waals surface area contributed by atoms with Crippen LogP contribution in [0.1, 0.15) is 60.3 Å². The maximum Gasteiger partial charge on any atom is 0.416 e. The van der Waals surface area contributed by atoms with E-state index in [9.17, 15) is 39.5 Å². The molecule has 5 aromatic rings. The van der Waals surface area contributed by atoms with E-state index < -0.39 is 41.9 Å². The summed E-state index contributed by atoms with van der Waals surface area (Å²) in [6.07, 6.45) is -9.40. The van der Waals surface area contributed by atoms with Gasteiger partial charge in [-0.1, -0.05) is 61.7 Å². The zero-order chi connectivity index (χ0) is 35.9. The molecule has 1 saturated carbocycles. The summed E-state index contributed by atoms with van der Waals surface area (Å²) >= 11 is 0. The Morgan fingerprint density at radius 1 is 0.471 bits per heavy atom. The molecule has 3 aliphatic rings. The molecule has 51 heavy (non-hydrogen) atoms. The minimum Gasteiger partial charge on any atom is -0.311 e. The molecule has 0 atom stereocenters. The Morgan fingerprint density at radius 3 is 1.39 bits per heavy atom. The van der Waals surface area contributed by atoms with Gasteiger partial charge in [-0.15, -0.1) is 0 Å². The smallest absolute Gasteiger partial charge is 0.311 e. The molecule has 0 spiro atoms. The van der Waals surface area contributed by atoms with Gasteiger partial charge in [-0.25, -0.2) is 0 Å². The molecule has 0 radical (unpaired) electrons. The molecule has 1 fully saturated rings. The van der Waals surface area contributed by atoms with E-state index in [0.717, 1.165) is 74.1 Å². The third-order valence-electron chi connectivity index (χ3n) is 10.3. The van der Waals surface area contributed by atoms with Crippen LogP contribution in [0.25, 0.3) is 0 Å². The Balaban J connectivity index is 1.47. The van der Waals surface area contributed by atoms with Crippen molar-refractivity contribution in [3.8, 4) is 0 Å². The number of anilines is 6. The second-order valence-corrected chi connectivity index (χ2v) is 13.3. The van der Waals surface area contributed by atoms with E-state index in [-0.39, 0.29) is 23.0 Å². The van der Waals surface area contributed by atoms with Crippen LogP contribution in [0.5, 0.6) is 0 Å². The van der Waals surface area contributed by atoms with Crippen LogP contribution in [-0.4, -0.2) is 6.71 Å². The average molecular weight is 706 g/mol. The average Bonchev–Trinajstić information content (AvgIpc) is 3.10. The topological polar surface area (TPSA) is 6.48 Å². The summed E-state index contributed by atoms with van der Waals surface area (Å²) in [6, 6.07) is 23.8. The number of nitrogens with zero attached hydrogens (tertiary/aromatic N) is 2. The number of rotatable bonds is 3. The molecule has 0 aromatic heterocycles. The van der Waals surface area contributed by atoms with E-state index in [1.54, 1.807) is 40.1 Å². The molecule has 2 nitrogen and oxygen atoms in total. The first-order valence-corrected chi connectivity index (χ1v) is 16.6. The summed E-state index contributed by atoms with van der Waals surface area (Å²) in [4.78, 5) is 3.34. The highest BCUT2D eigenvalue weighted by molar-refractivity contribution is 7.00. The highest BCUT2D eigenvalue weighted by atomic mass is 19.4. The number of benzene rings is 5. The lowest BCUT2D eigenvalue weighted by Crippen LogP contribution is -2.61. The first-order chi connectivity index (χ1) is 24.2. The zero-order valence-corrected chi connectivity index (χ0v) is 26.8. The molecule has 0 saturated heterocycles. The van der Waals surface area contributed by atoms with E-state index in [0.29, 0.717) is 33.5 Å². The van der Waals surface area contributed by atoms with Crippen molar-refractivity contribution in [3.63, 3.8) is 0 Å². The van der Waals surface area contributed by atoms with Crippen LogP contribution in [0, 0.1) is 0 Å². The summed E-state index contributed by atoms with van der Waals surface area (Å²) < 4.78 is 127. The molecule has 1 aliphatic carbocycles. The molecule has 5 aromatic carbocycles. The first-order valence-electron chi connectivity index (χ1n) is 16.6. The standard InChI is InChI=1S/C39H28BF9N2/c41-37(42,43)25-11-15-29(16-12-25)51-33-22-27(39(47,48)49)14-18-31(33)40-30-17-13-26(38(44,45)46)21-32(30)50(28-9-5-2-6-10-28)34-19-24(20-35(51)36(34)40)23-7-3-1-4-8-23/h2,5-6,9-23H,1,3-4,7-8H2. The number of hydrogen-bond acceptors (Lipinski definition) is 2. The van der Waals surface area contributed by atoms with Crippen LogP contribution in [0.3, 0.4) is 0 Å². The largest absolute Gasteiger partial charge is 0.416 e. The quantitative estimate of drug-likeness (QED) is 0.133. The van der Waals surface area contributed by atoms with E-state index in [1.165, 1.54) is 24.3 Å². The van der Waals surface area contributed by atoms with Gasteiger partial charge in [-0.2, -0.15) is 39.5 Å². The van der Waals surface area contributed by atoms with Crippen molar-refractivity contribution in [3.05, 3.63) is 125 Å². The second kappa shape index (κ2) is 11.9. The van der Waals surface area contributed by atoms with Crippen LogP contribution in [0.4, 0.5) is 73.6 Å². The molecular formula is C39H28BF9N2. The number of hydrogen-bond donors (Lipinski definition) is 0. The minimum absolute atomic E-state index is 0.0663. The van der Waals surface area contributed by atoms with Gasteiger partial charge in [0.25, 0.3) is 6.71 Å². The number of para-hydroxylation sites is 1. The molecule has 0 unspecified atom stereocenters. The summed E-state index contributed by atoms with van der Waals surface area (Å²) in [5, 5.41) is 0. The Labute approximate surface area is 288 Å². The van der Waals surface area contributed by atoms with Gasteiger partial charge in [0.2, 0.25) is 0 Å². The predicted octanol–water partition coefficient (Wildman–Crippen LogP) is 10.9.